The highest BCUT2D eigenvalue weighted by Crippen LogP contribution is 2.28. The first-order valence-electron chi connectivity index (χ1n) is 5.92. The predicted octanol–water partition coefficient (Wildman–Crippen LogP) is 2.87. The fourth-order valence-corrected chi connectivity index (χ4v) is 2.95. The second-order valence-corrected chi connectivity index (χ2v) is 5.28. The Morgan fingerprint density at radius 1 is 1.44 bits per heavy atom. The summed E-state index contributed by atoms with van der Waals surface area (Å²) < 4.78 is 18.4. The van der Waals surface area contributed by atoms with Gasteiger partial charge in [0.2, 0.25) is 0 Å². The van der Waals surface area contributed by atoms with E-state index in [4.69, 9.17) is 4.74 Å². The maximum Gasteiger partial charge on any atom is 0.140 e. The van der Waals surface area contributed by atoms with Crippen LogP contribution in [0.25, 0.3) is 0 Å². The van der Waals surface area contributed by atoms with E-state index in [0.717, 1.165) is 30.2 Å². The number of nitrogens with zero attached hydrogens (tertiary/aromatic N) is 1. The molecule has 18 heavy (non-hydrogen) atoms. The first-order chi connectivity index (χ1) is 8.81. The van der Waals surface area contributed by atoms with Gasteiger partial charge in [-0.05, 0) is 12.1 Å². The van der Waals surface area contributed by atoms with Crippen molar-refractivity contribution in [3.8, 4) is 5.75 Å². The second kappa shape index (κ2) is 4.94. The Balaban J connectivity index is 1.55. The average molecular weight is 264 g/mol. The minimum Gasteiger partial charge on any atom is -0.493 e. The smallest absolute Gasteiger partial charge is 0.140 e. The third-order valence-corrected chi connectivity index (χ3v) is 3.94. The van der Waals surface area contributed by atoms with E-state index in [1.54, 1.807) is 23.5 Å². The summed E-state index contributed by atoms with van der Waals surface area (Å²) in [5.41, 5.74) is 0. The third-order valence-electron chi connectivity index (χ3n) is 2.77. The molecule has 0 saturated heterocycles. The van der Waals surface area contributed by atoms with Gasteiger partial charge in [0.15, 0.2) is 0 Å². The Labute approximate surface area is 109 Å². The molecule has 2 heterocycles. The number of nitrogens with one attached hydrogen (secondary N) is 1. The molecule has 2 aromatic rings. The van der Waals surface area contributed by atoms with Crippen LogP contribution in [0.3, 0.4) is 0 Å². The quantitative estimate of drug-likeness (QED) is 0.922. The lowest BCUT2D eigenvalue weighted by molar-refractivity contribution is 0.320. The molecule has 0 fully saturated rings. The van der Waals surface area contributed by atoms with E-state index in [0.29, 0.717) is 12.4 Å². The Bertz CT molecular complexity index is 534. The molecule has 1 aromatic heterocycles. The van der Waals surface area contributed by atoms with Gasteiger partial charge in [-0.1, -0.05) is 6.07 Å². The largest absolute Gasteiger partial charge is 0.493 e. The standard InChI is InChI=1S/C13H13FN2OS/c14-9-2-1-3-10(8-9)17-7-5-12-16-13-11(18-12)4-6-15-13/h1-3,8,15H,4-7H2. The van der Waals surface area contributed by atoms with Crippen molar-refractivity contribution in [1.82, 2.24) is 4.98 Å². The zero-order valence-electron chi connectivity index (χ0n) is 9.78. The van der Waals surface area contributed by atoms with Crippen molar-refractivity contribution in [2.45, 2.75) is 12.8 Å². The molecule has 1 N–H and O–H groups in total. The van der Waals surface area contributed by atoms with Gasteiger partial charge in [0, 0.05) is 25.5 Å². The van der Waals surface area contributed by atoms with E-state index in [2.05, 4.69) is 10.3 Å². The van der Waals surface area contributed by atoms with Gasteiger partial charge < -0.3 is 10.1 Å². The molecule has 5 heteroatoms. The summed E-state index contributed by atoms with van der Waals surface area (Å²) in [4.78, 5) is 5.82. The number of benzene rings is 1. The minimum absolute atomic E-state index is 0.273. The minimum atomic E-state index is -0.273. The molecule has 3 nitrogen and oxygen atoms in total. The number of halogens is 1. The molecule has 0 bridgehead atoms. The van der Waals surface area contributed by atoms with Crippen LogP contribution in [-0.4, -0.2) is 18.1 Å². The molecule has 1 aromatic carbocycles. The van der Waals surface area contributed by atoms with Crippen LogP contribution >= 0.6 is 11.3 Å². The van der Waals surface area contributed by atoms with Gasteiger partial charge in [0.05, 0.1) is 16.5 Å². The first-order valence-corrected chi connectivity index (χ1v) is 6.74. The normalized spacial score (nSPS) is 13.2. The van der Waals surface area contributed by atoms with Crippen LogP contribution in [0, 0.1) is 5.82 Å². The Hall–Kier alpha value is -1.62. The fourth-order valence-electron chi connectivity index (χ4n) is 1.92. The van der Waals surface area contributed by atoms with E-state index < -0.39 is 0 Å². The highest BCUT2D eigenvalue weighted by molar-refractivity contribution is 7.12. The lowest BCUT2D eigenvalue weighted by atomic mass is 10.3. The van der Waals surface area contributed by atoms with Crippen molar-refractivity contribution in [1.29, 1.82) is 0 Å². The molecule has 0 spiro atoms. The van der Waals surface area contributed by atoms with Crippen LogP contribution in [0.5, 0.6) is 5.75 Å². The number of hydrogen-bond donors (Lipinski definition) is 1. The van der Waals surface area contributed by atoms with Crippen molar-refractivity contribution in [3.05, 3.63) is 40.0 Å². The average Bonchev–Trinajstić information content (AvgIpc) is 2.89. The van der Waals surface area contributed by atoms with Gasteiger partial charge in [0.25, 0.3) is 0 Å². The van der Waals surface area contributed by atoms with Crippen molar-refractivity contribution >= 4 is 17.2 Å². The molecule has 0 unspecified atom stereocenters. The van der Waals surface area contributed by atoms with Gasteiger partial charge >= 0.3 is 0 Å². The van der Waals surface area contributed by atoms with E-state index in [1.807, 2.05) is 0 Å². The van der Waals surface area contributed by atoms with Crippen LogP contribution in [0.1, 0.15) is 9.88 Å². The molecule has 0 saturated carbocycles. The lowest BCUT2D eigenvalue weighted by Gasteiger charge is -2.04. The number of rotatable bonds is 4. The monoisotopic (exact) mass is 264 g/mol. The summed E-state index contributed by atoms with van der Waals surface area (Å²) in [5, 5.41) is 4.32. The van der Waals surface area contributed by atoms with Gasteiger partial charge in [-0.15, -0.1) is 11.3 Å². The summed E-state index contributed by atoms with van der Waals surface area (Å²) in [6.45, 7) is 1.52. The molecule has 0 aliphatic carbocycles. The second-order valence-electron chi connectivity index (χ2n) is 4.11. The molecule has 1 aliphatic heterocycles. The number of thiazole rings is 1. The van der Waals surface area contributed by atoms with Crippen molar-refractivity contribution < 1.29 is 9.13 Å². The van der Waals surface area contributed by atoms with E-state index in [-0.39, 0.29) is 5.82 Å². The molecule has 0 atom stereocenters. The number of anilines is 1. The van der Waals surface area contributed by atoms with Gasteiger partial charge in [-0.25, -0.2) is 9.37 Å². The molecule has 0 amide bonds. The van der Waals surface area contributed by atoms with Crippen LogP contribution < -0.4 is 10.1 Å². The van der Waals surface area contributed by atoms with E-state index in [1.165, 1.54) is 17.0 Å². The van der Waals surface area contributed by atoms with Gasteiger partial charge in [-0.3, -0.25) is 0 Å². The molecular formula is C13H13FN2OS. The number of ether oxygens (including phenoxy) is 1. The maximum absolute atomic E-state index is 12.9. The van der Waals surface area contributed by atoms with Crippen LogP contribution in [0.4, 0.5) is 10.2 Å². The SMILES string of the molecule is Fc1cccc(OCCc2nc3c(s2)CCN3)c1. The summed E-state index contributed by atoms with van der Waals surface area (Å²) in [6.07, 6.45) is 1.83. The van der Waals surface area contributed by atoms with E-state index in [9.17, 15) is 4.39 Å². The first kappa shape index (κ1) is 11.5. The summed E-state index contributed by atoms with van der Waals surface area (Å²) in [6, 6.07) is 6.20. The highest BCUT2D eigenvalue weighted by atomic mass is 32.1. The van der Waals surface area contributed by atoms with Crippen molar-refractivity contribution in [2.75, 3.05) is 18.5 Å². The fraction of sp³-hybridized carbons (Fsp3) is 0.308. The Morgan fingerprint density at radius 3 is 3.22 bits per heavy atom. The van der Waals surface area contributed by atoms with E-state index >= 15 is 0 Å². The zero-order valence-corrected chi connectivity index (χ0v) is 10.6. The molecule has 94 valence electrons. The van der Waals surface area contributed by atoms with Crippen molar-refractivity contribution in [2.24, 2.45) is 0 Å². The third kappa shape index (κ3) is 2.46. The van der Waals surface area contributed by atoms with Crippen LogP contribution in [-0.2, 0) is 12.8 Å². The maximum atomic E-state index is 12.9. The summed E-state index contributed by atoms with van der Waals surface area (Å²) >= 11 is 1.73. The number of hydrogen-bond acceptors (Lipinski definition) is 4. The predicted molar refractivity (Wildman–Crippen MR) is 69.9 cm³/mol. The van der Waals surface area contributed by atoms with Gasteiger partial charge in [-0.2, -0.15) is 0 Å². The Kier molecular flexibility index (Phi) is 3.15. The zero-order chi connectivity index (χ0) is 12.4. The van der Waals surface area contributed by atoms with Gasteiger partial charge in [0.1, 0.15) is 17.4 Å². The molecule has 1 aliphatic rings. The summed E-state index contributed by atoms with van der Waals surface area (Å²) in [5.74, 6) is 1.32. The van der Waals surface area contributed by atoms with Crippen molar-refractivity contribution in [3.63, 3.8) is 0 Å². The highest BCUT2D eigenvalue weighted by Gasteiger charge is 2.15. The lowest BCUT2D eigenvalue weighted by Crippen LogP contribution is -2.02. The topological polar surface area (TPSA) is 34.1 Å². The van der Waals surface area contributed by atoms with Crippen LogP contribution in [0.15, 0.2) is 24.3 Å². The molecular weight excluding hydrogens is 251 g/mol. The summed E-state index contributed by atoms with van der Waals surface area (Å²) in [7, 11) is 0. The van der Waals surface area contributed by atoms with Crippen LogP contribution in [0.2, 0.25) is 0 Å². The number of aromatic nitrogens is 1. The number of fused-ring (bicyclic) bond motifs is 1. The molecule has 0 radical (unpaired) electrons. The molecule has 3 rings (SSSR count). The Morgan fingerprint density at radius 2 is 2.39 bits per heavy atom.